The van der Waals surface area contributed by atoms with E-state index in [0.717, 1.165) is 29.8 Å². The van der Waals surface area contributed by atoms with Crippen LogP contribution in [0.3, 0.4) is 0 Å². The van der Waals surface area contributed by atoms with E-state index in [2.05, 4.69) is 15.2 Å². The largest absolute Gasteiger partial charge is 0.416 e. The summed E-state index contributed by atoms with van der Waals surface area (Å²) in [6, 6.07) is 6.55. The molecule has 0 aliphatic carbocycles. The van der Waals surface area contributed by atoms with Crippen LogP contribution in [0.5, 0.6) is 0 Å². The van der Waals surface area contributed by atoms with Crippen molar-refractivity contribution in [3.05, 3.63) is 57.5 Å². The molecule has 5 nitrogen and oxygen atoms in total. The number of aryl methyl sites for hydroxylation is 1. The molecular weight excluding hydrogens is 353 g/mol. The van der Waals surface area contributed by atoms with Gasteiger partial charge in [0.2, 0.25) is 5.78 Å². The molecule has 2 aromatic heterocycles. The Morgan fingerprint density at radius 2 is 1.92 bits per heavy atom. The predicted molar refractivity (Wildman–Crippen MR) is 88.6 cm³/mol. The van der Waals surface area contributed by atoms with Crippen LogP contribution in [0.15, 0.2) is 40.3 Å². The molecule has 0 saturated carbocycles. The van der Waals surface area contributed by atoms with Crippen molar-refractivity contribution in [2.24, 2.45) is 0 Å². The molecular formula is C16H15F3N4OS. The zero-order chi connectivity index (χ0) is 18.0. The third-order valence-corrected chi connectivity index (χ3v) is 4.61. The molecule has 0 radical (unpaired) electrons. The van der Waals surface area contributed by atoms with Gasteiger partial charge in [-0.2, -0.15) is 13.2 Å². The number of hydrogen-bond acceptors (Lipinski definition) is 4. The maximum absolute atomic E-state index is 12.6. The Balaban J connectivity index is 1.83. The molecule has 0 aliphatic rings. The quantitative estimate of drug-likeness (QED) is 0.698. The number of thioether (sulfide) groups is 1. The van der Waals surface area contributed by atoms with Gasteiger partial charge in [0.15, 0.2) is 5.16 Å². The van der Waals surface area contributed by atoms with Crippen molar-refractivity contribution in [2.75, 3.05) is 0 Å². The van der Waals surface area contributed by atoms with E-state index in [1.165, 1.54) is 30.0 Å². The lowest BCUT2D eigenvalue weighted by Gasteiger charge is -2.08. The summed E-state index contributed by atoms with van der Waals surface area (Å²) in [4.78, 5) is 14.3. The number of nitrogens with zero attached hydrogens (tertiary/aromatic N) is 3. The fraction of sp³-hybridized carbons (Fsp3) is 0.312. The van der Waals surface area contributed by atoms with Crippen LogP contribution < -0.4 is 5.56 Å². The van der Waals surface area contributed by atoms with Crippen molar-refractivity contribution in [2.45, 2.75) is 36.9 Å². The molecule has 0 aliphatic heterocycles. The molecule has 0 unspecified atom stereocenters. The molecule has 25 heavy (non-hydrogen) atoms. The molecule has 1 aromatic carbocycles. The van der Waals surface area contributed by atoms with E-state index < -0.39 is 11.7 Å². The van der Waals surface area contributed by atoms with E-state index in [9.17, 15) is 18.0 Å². The Bertz CT molecular complexity index is 931. The lowest BCUT2D eigenvalue weighted by molar-refractivity contribution is -0.137. The van der Waals surface area contributed by atoms with Crippen molar-refractivity contribution in [3.63, 3.8) is 0 Å². The minimum atomic E-state index is -4.34. The van der Waals surface area contributed by atoms with Gasteiger partial charge in [0.05, 0.1) is 5.56 Å². The average Bonchev–Trinajstić information content (AvgIpc) is 2.95. The van der Waals surface area contributed by atoms with Gasteiger partial charge in [-0.1, -0.05) is 37.2 Å². The van der Waals surface area contributed by atoms with Crippen LogP contribution in [-0.2, 0) is 18.3 Å². The predicted octanol–water partition coefficient (Wildman–Crippen LogP) is 3.68. The smallest absolute Gasteiger partial charge is 0.291 e. The maximum atomic E-state index is 12.6. The van der Waals surface area contributed by atoms with Crippen LogP contribution in [0.1, 0.15) is 30.2 Å². The molecule has 3 aromatic rings. The lowest BCUT2D eigenvalue weighted by atomic mass is 10.1. The van der Waals surface area contributed by atoms with Gasteiger partial charge in [-0.15, -0.1) is 10.2 Å². The summed E-state index contributed by atoms with van der Waals surface area (Å²) in [5.41, 5.74) is 0.650. The number of nitrogens with one attached hydrogen (secondary N) is 1. The van der Waals surface area contributed by atoms with Crippen molar-refractivity contribution < 1.29 is 13.2 Å². The van der Waals surface area contributed by atoms with Crippen LogP contribution in [0.2, 0.25) is 0 Å². The van der Waals surface area contributed by atoms with Crippen molar-refractivity contribution in [3.8, 4) is 0 Å². The molecule has 0 bridgehead atoms. The van der Waals surface area contributed by atoms with Gasteiger partial charge in [0.25, 0.3) is 5.56 Å². The van der Waals surface area contributed by atoms with Crippen LogP contribution >= 0.6 is 11.8 Å². The van der Waals surface area contributed by atoms with Crippen molar-refractivity contribution in [1.82, 2.24) is 19.6 Å². The first-order valence-corrected chi connectivity index (χ1v) is 8.63. The van der Waals surface area contributed by atoms with Crippen molar-refractivity contribution >= 4 is 17.5 Å². The molecule has 1 N–H and O–H groups in total. The Hall–Kier alpha value is -2.29. The van der Waals surface area contributed by atoms with E-state index in [1.807, 2.05) is 6.92 Å². The fourth-order valence-electron chi connectivity index (χ4n) is 2.44. The van der Waals surface area contributed by atoms with Crippen LogP contribution in [0.25, 0.3) is 5.78 Å². The average molecular weight is 368 g/mol. The highest BCUT2D eigenvalue weighted by molar-refractivity contribution is 7.98. The minimum Gasteiger partial charge on any atom is -0.291 e. The molecule has 0 saturated heterocycles. The molecule has 0 atom stereocenters. The number of H-pyrrole nitrogens is 1. The zero-order valence-corrected chi connectivity index (χ0v) is 14.1. The van der Waals surface area contributed by atoms with Crippen LogP contribution in [0, 0.1) is 0 Å². The standard InChI is InChI=1S/C16H15F3N4OS/c1-2-3-12-8-13(24)20-14-21-22-15(23(12)14)25-9-10-4-6-11(7-5-10)16(17,18)19/h4-8H,2-3,9H2,1H3,(H,20,21,24). The monoisotopic (exact) mass is 368 g/mol. The zero-order valence-electron chi connectivity index (χ0n) is 13.3. The topological polar surface area (TPSA) is 63.0 Å². The molecule has 132 valence electrons. The van der Waals surface area contributed by atoms with Gasteiger partial charge in [-0.05, 0) is 24.1 Å². The normalized spacial score (nSPS) is 12.0. The van der Waals surface area contributed by atoms with Gasteiger partial charge in [0.1, 0.15) is 0 Å². The molecule has 2 heterocycles. The molecule has 9 heteroatoms. The Kier molecular flexibility index (Phi) is 4.85. The van der Waals surface area contributed by atoms with Gasteiger partial charge < -0.3 is 0 Å². The number of benzene rings is 1. The first-order chi connectivity index (χ1) is 11.9. The van der Waals surface area contributed by atoms with E-state index in [-0.39, 0.29) is 5.56 Å². The molecule has 0 spiro atoms. The summed E-state index contributed by atoms with van der Waals surface area (Å²) >= 11 is 1.35. The first-order valence-electron chi connectivity index (χ1n) is 7.64. The van der Waals surface area contributed by atoms with Gasteiger partial charge in [-0.3, -0.25) is 14.2 Å². The molecule has 0 fully saturated rings. The van der Waals surface area contributed by atoms with E-state index in [0.29, 0.717) is 23.1 Å². The van der Waals surface area contributed by atoms with Gasteiger partial charge in [0, 0.05) is 17.5 Å². The van der Waals surface area contributed by atoms with E-state index >= 15 is 0 Å². The van der Waals surface area contributed by atoms with E-state index in [4.69, 9.17) is 0 Å². The summed E-state index contributed by atoms with van der Waals surface area (Å²) in [6.07, 6.45) is -2.78. The molecule has 3 rings (SSSR count). The maximum Gasteiger partial charge on any atom is 0.416 e. The van der Waals surface area contributed by atoms with Crippen LogP contribution in [-0.4, -0.2) is 19.6 Å². The highest BCUT2D eigenvalue weighted by Gasteiger charge is 2.29. The lowest BCUT2D eigenvalue weighted by Crippen LogP contribution is -2.11. The fourth-order valence-corrected chi connectivity index (χ4v) is 3.36. The number of aromatic amines is 1. The number of alkyl halides is 3. The Morgan fingerprint density at radius 1 is 1.20 bits per heavy atom. The summed E-state index contributed by atoms with van der Waals surface area (Å²) in [6.45, 7) is 2.01. The second-order valence-corrected chi connectivity index (χ2v) is 6.44. The summed E-state index contributed by atoms with van der Waals surface area (Å²) < 4.78 is 39.6. The molecule has 0 amide bonds. The highest BCUT2D eigenvalue weighted by atomic mass is 32.2. The summed E-state index contributed by atoms with van der Waals surface area (Å²) in [5.74, 6) is 0.815. The SMILES string of the molecule is CCCc1cc(=O)[nH]c2nnc(SCc3ccc(C(F)(F)F)cc3)n12. The minimum absolute atomic E-state index is 0.234. The second-order valence-electron chi connectivity index (χ2n) is 5.50. The summed E-state index contributed by atoms with van der Waals surface area (Å²) in [5, 5.41) is 8.64. The number of fused-ring (bicyclic) bond motifs is 1. The van der Waals surface area contributed by atoms with Gasteiger partial charge in [-0.25, -0.2) is 0 Å². The second kappa shape index (κ2) is 6.91. The number of halogens is 3. The third kappa shape index (κ3) is 3.87. The van der Waals surface area contributed by atoms with Crippen molar-refractivity contribution in [1.29, 1.82) is 0 Å². The Morgan fingerprint density at radius 3 is 2.56 bits per heavy atom. The van der Waals surface area contributed by atoms with Crippen LogP contribution in [0.4, 0.5) is 13.2 Å². The summed E-state index contributed by atoms with van der Waals surface area (Å²) in [7, 11) is 0. The Labute approximate surface area is 145 Å². The number of aromatic nitrogens is 4. The van der Waals surface area contributed by atoms with E-state index in [1.54, 1.807) is 4.40 Å². The highest BCUT2D eigenvalue weighted by Crippen LogP contribution is 2.30. The third-order valence-electron chi connectivity index (χ3n) is 3.61. The van der Waals surface area contributed by atoms with Gasteiger partial charge >= 0.3 is 6.18 Å². The number of rotatable bonds is 5. The number of hydrogen-bond donors (Lipinski definition) is 1. The first kappa shape index (κ1) is 17.5.